The minimum atomic E-state index is -5.13. The fourth-order valence-electron chi connectivity index (χ4n) is 3.23. The molecule has 0 aliphatic heterocycles. The Kier molecular flexibility index (Phi) is 5.52. The molecule has 0 spiro atoms. The summed E-state index contributed by atoms with van der Waals surface area (Å²) in [6, 6.07) is 7.66. The number of rotatable bonds is 4. The van der Waals surface area contributed by atoms with E-state index >= 15 is 0 Å². The van der Waals surface area contributed by atoms with E-state index in [-0.39, 0.29) is 12.0 Å². The molecule has 0 aromatic heterocycles. The van der Waals surface area contributed by atoms with Crippen LogP contribution in [0.25, 0.3) is 0 Å². The maximum Gasteiger partial charge on any atom is 0.417 e. The van der Waals surface area contributed by atoms with Gasteiger partial charge in [-0.1, -0.05) is 18.2 Å². The second-order valence-corrected chi connectivity index (χ2v) is 8.47. The van der Waals surface area contributed by atoms with Crippen LogP contribution in [0.1, 0.15) is 34.6 Å². The van der Waals surface area contributed by atoms with Crippen molar-refractivity contribution in [2.75, 3.05) is 0 Å². The van der Waals surface area contributed by atoms with E-state index in [1.165, 1.54) is 16.9 Å². The Morgan fingerprint density at radius 1 is 1.00 bits per heavy atom. The Morgan fingerprint density at radius 2 is 1.61 bits per heavy atom. The lowest BCUT2D eigenvalue weighted by Crippen LogP contribution is -2.33. The zero-order chi connectivity index (χ0) is 23.2. The number of sulfonamides is 1. The molecule has 2 aromatic rings. The van der Waals surface area contributed by atoms with Crippen molar-refractivity contribution >= 4 is 15.9 Å². The number of alkyl halides is 6. The van der Waals surface area contributed by atoms with Crippen molar-refractivity contribution in [3.8, 4) is 6.07 Å². The fraction of sp³-hybridized carbons (Fsp3) is 0.263. The van der Waals surface area contributed by atoms with Crippen LogP contribution in [0, 0.1) is 17.2 Å². The SMILES string of the molecule is N#Cc1ccc(S(=O)(=O)NC(=O)C2CC2c2ccccc2C(F)(F)F)c(C(F)(F)F)c1. The number of nitriles is 1. The normalized spacial score (nSPS) is 18.9. The fourth-order valence-corrected chi connectivity index (χ4v) is 4.46. The molecule has 0 radical (unpaired) electrons. The Hall–Kier alpha value is -3.07. The summed E-state index contributed by atoms with van der Waals surface area (Å²) in [5, 5.41) is 8.75. The molecule has 0 bridgehead atoms. The second-order valence-electron chi connectivity index (χ2n) is 6.82. The van der Waals surface area contributed by atoms with Crippen LogP contribution in [0.3, 0.4) is 0 Å². The molecule has 2 unspecified atom stereocenters. The highest BCUT2D eigenvalue weighted by atomic mass is 32.2. The predicted octanol–water partition coefficient (Wildman–Crippen LogP) is 4.20. The summed E-state index contributed by atoms with van der Waals surface area (Å²) < 4.78 is 106. The van der Waals surface area contributed by atoms with Gasteiger partial charge in [-0.2, -0.15) is 31.6 Å². The van der Waals surface area contributed by atoms with Crippen LogP contribution in [0.5, 0.6) is 0 Å². The molecule has 12 heteroatoms. The van der Waals surface area contributed by atoms with Gasteiger partial charge in [0.25, 0.3) is 10.0 Å². The number of benzene rings is 2. The molecule has 0 heterocycles. The summed E-state index contributed by atoms with van der Waals surface area (Å²) in [5.74, 6) is -3.28. The monoisotopic (exact) mass is 462 g/mol. The van der Waals surface area contributed by atoms with Crippen LogP contribution >= 0.6 is 0 Å². The zero-order valence-electron chi connectivity index (χ0n) is 15.3. The van der Waals surface area contributed by atoms with Crippen LogP contribution in [0.4, 0.5) is 26.3 Å². The largest absolute Gasteiger partial charge is 0.417 e. The molecule has 1 aliphatic carbocycles. The van der Waals surface area contributed by atoms with Gasteiger partial charge in [0.05, 0.1) is 27.7 Å². The van der Waals surface area contributed by atoms with Gasteiger partial charge < -0.3 is 0 Å². The molecule has 1 amide bonds. The minimum Gasteiger partial charge on any atom is -0.274 e. The molecular weight excluding hydrogens is 450 g/mol. The first kappa shape index (κ1) is 22.6. The average Bonchev–Trinajstić information content (AvgIpc) is 3.47. The quantitative estimate of drug-likeness (QED) is 0.690. The lowest BCUT2D eigenvalue weighted by molar-refractivity contribution is -0.140. The number of hydrogen-bond acceptors (Lipinski definition) is 4. The summed E-state index contributed by atoms with van der Waals surface area (Å²) >= 11 is 0. The van der Waals surface area contributed by atoms with E-state index in [2.05, 4.69) is 0 Å². The summed E-state index contributed by atoms with van der Waals surface area (Å²) in [5.41, 5.74) is -3.24. The van der Waals surface area contributed by atoms with Crippen LogP contribution in [0.15, 0.2) is 47.4 Å². The smallest absolute Gasteiger partial charge is 0.274 e. The van der Waals surface area contributed by atoms with E-state index in [0.29, 0.717) is 12.1 Å². The Bertz CT molecular complexity index is 1180. The van der Waals surface area contributed by atoms with Crippen LogP contribution < -0.4 is 4.72 Å². The molecule has 164 valence electrons. The topological polar surface area (TPSA) is 87.0 Å². The number of amides is 1. The van der Waals surface area contributed by atoms with E-state index in [0.717, 1.165) is 24.3 Å². The highest BCUT2D eigenvalue weighted by Gasteiger charge is 2.49. The third-order valence-corrected chi connectivity index (χ3v) is 6.14. The van der Waals surface area contributed by atoms with Crippen molar-refractivity contribution < 1.29 is 39.6 Å². The summed E-state index contributed by atoms with van der Waals surface area (Å²) in [6.45, 7) is 0. The molecule has 1 fully saturated rings. The molecule has 0 saturated heterocycles. The van der Waals surface area contributed by atoms with E-state index in [1.54, 1.807) is 0 Å². The minimum absolute atomic E-state index is 0.0893. The second kappa shape index (κ2) is 7.56. The summed E-state index contributed by atoms with van der Waals surface area (Å²) in [7, 11) is -5.00. The van der Waals surface area contributed by atoms with Crippen molar-refractivity contribution in [3.05, 3.63) is 64.7 Å². The Labute approximate surface area is 172 Å². The number of hydrogen-bond donors (Lipinski definition) is 1. The first-order chi connectivity index (χ1) is 14.3. The number of nitrogens with one attached hydrogen (secondary N) is 1. The third kappa shape index (κ3) is 4.66. The van der Waals surface area contributed by atoms with Gasteiger partial charge in [-0.15, -0.1) is 0 Å². The molecule has 2 atom stereocenters. The number of nitrogens with zero attached hydrogens (tertiary/aromatic N) is 1. The number of carbonyl (C=O) groups is 1. The maximum atomic E-state index is 13.2. The van der Waals surface area contributed by atoms with E-state index in [9.17, 15) is 39.6 Å². The van der Waals surface area contributed by atoms with Gasteiger partial charge in [0.15, 0.2) is 0 Å². The third-order valence-electron chi connectivity index (χ3n) is 4.73. The van der Waals surface area contributed by atoms with E-state index in [1.807, 2.05) is 0 Å². The lowest BCUT2D eigenvalue weighted by Gasteiger charge is -2.15. The van der Waals surface area contributed by atoms with Crippen LogP contribution in [0.2, 0.25) is 0 Å². The van der Waals surface area contributed by atoms with Gasteiger partial charge in [0, 0.05) is 5.92 Å². The van der Waals surface area contributed by atoms with Gasteiger partial charge in [-0.25, -0.2) is 13.1 Å². The van der Waals surface area contributed by atoms with Crippen molar-refractivity contribution in [3.63, 3.8) is 0 Å². The lowest BCUT2D eigenvalue weighted by atomic mass is 10.0. The Morgan fingerprint density at radius 3 is 2.19 bits per heavy atom. The number of carbonyl (C=O) groups excluding carboxylic acids is 1. The molecule has 1 N–H and O–H groups in total. The summed E-state index contributed by atoms with van der Waals surface area (Å²) in [4.78, 5) is 11.1. The standard InChI is InChI=1S/C19H12F6N2O3S/c20-18(21,22)14-4-2-1-3-11(14)12-8-13(12)17(28)27-31(29,30)16-6-5-10(9-26)7-15(16)19(23,24)25/h1-7,12-13H,8H2,(H,27,28). The van der Waals surface area contributed by atoms with Gasteiger partial charge in [-0.3, -0.25) is 4.79 Å². The molecule has 1 aliphatic rings. The van der Waals surface area contributed by atoms with Gasteiger partial charge in [0.1, 0.15) is 0 Å². The van der Waals surface area contributed by atoms with Crippen molar-refractivity contribution in [1.29, 1.82) is 5.26 Å². The number of halogens is 6. The molecule has 3 rings (SSSR count). The van der Waals surface area contributed by atoms with Crippen LogP contribution in [-0.4, -0.2) is 14.3 Å². The van der Waals surface area contributed by atoms with E-state index < -0.39 is 61.7 Å². The van der Waals surface area contributed by atoms with Crippen molar-refractivity contribution in [1.82, 2.24) is 4.72 Å². The average molecular weight is 462 g/mol. The highest BCUT2D eigenvalue weighted by molar-refractivity contribution is 7.90. The van der Waals surface area contributed by atoms with Gasteiger partial charge in [-0.05, 0) is 42.2 Å². The Balaban J connectivity index is 1.86. The molecule has 2 aromatic carbocycles. The van der Waals surface area contributed by atoms with Crippen molar-refractivity contribution in [2.24, 2.45) is 5.92 Å². The van der Waals surface area contributed by atoms with Gasteiger partial charge in [0.2, 0.25) is 5.91 Å². The molecular formula is C19H12F6N2O3S. The highest BCUT2D eigenvalue weighted by Crippen LogP contribution is 2.51. The first-order valence-corrected chi connectivity index (χ1v) is 10.1. The van der Waals surface area contributed by atoms with Crippen LogP contribution in [-0.2, 0) is 27.2 Å². The summed E-state index contributed by atoms with van der Waals surface area (Å²) in [6.07, 6.45) is -9.90. The van der Waals surface area contributed by atoms with Gasteiger partial charge >= 0.3 is 12.4 Å². The zero-order valence-corrected chi connectivity index (χ0v) is 16.1. The molecule has 1 saturated carbocycles. The van der Waals surface area contributed by atoms with E-state index in [4.69, 9.17) is 5.26 Å². The predicted molar refractivity (Wildman–Crippen MR) is 93.8 cm³/mol. The molecule has 5 nitrogen and oxygen atoms in total. The molecule has 31 heavy (non-hydrogen) atoms. The maximum absolute atomic E-state index is 13.2. The first-order valence-electron chi connectivity index (χ1n) is 8.60. The van der Waals surface area contributed by atoms with Crippen molar-refractivity contribution in [2.45, 2.75) is 29.6 Å².